The van der Waals surface area contributed by atoms with Gasteiger partial charge in [-0.25, -0.2) is 0 Å². The van der Waals surface area contributed by atoms with Crippen LogP contribution in [-0.4, -0.2) is 60.6 Å². The first-order valence-corrected chi connectivity index (χ1v) is 9.45. The Hall–Kier alpha value is -0.120. The van der Waals surface area contributed by atoms with Crippen LogP contribution in [0, 0.1) is 5.92 Å². The van der Waals surface area contributed by atoms with Gasteiger partial charge in [-0.1, -0.05) is 26.2 Å². The number of nitrogens with zero attached hydrogens (tertiary/aromatic N) is 2. The summed E-state index contributed by atoms with van der Waals surface area (Å²) in [5.41, 5.74) is 0. The van der Waals surface area contributed by atoms with Crippen LogP contribution in [0.3, 0.4) is 0 Å². The fraction of sp³-hybridized carbons (Fsp3) is 1.00. The molecule has 122 valence electrons. The Morgan fingerprint density at radius 2 is 1.76 bits per heavy atom. The van der Waals surface area contributed by atoms with Crippen LogP contribution in [0.25, 0.3) is 0 Å². The molecule has 0 bridgehead atoms. The van der Waals surface area contributed by atoms with Gasteiger partial charge in [-0.05, 0) is 45.1 Å². The third kappa shape index (κ3) is 4.00. The van der Waals surface area contributed by atoms with Gasteiger partial charge >= 0.3 is 0 Å². The minimum Gasteiger partial charge on any atom is -0.312 e. The lowest BCUT2D eigenvalue weighted by Gasteiger charge is -2.47. The summed E-state index contributed by atoms with van der Waals surface area (Å²) >= 11 is 0. The Kier molecular flexibility index (Phi) is 5.58. The van der Waals surface area contributed by atoms with Crippen molar-refractivity contribution in [2.45, 2.75) is 76.9 Å². The molecule has 4 unspecified atom stereocenters. The third-order valence-corrected chi connectivity index (χ3v) is 6.23. The molecule has 0 aromatic rings. The molecule has 3 heteroatoms. The smallest absolute Gasteiger partial charge is 0.0223 e. The van der Waals surface area contributed by atoms with Crippen LogP contribution in [0.2, 0.25) is 0 Å². The number of piperazine rings is 1. The van der Waals surface area contributed by atoms with E-state index in [1.807, 2.05) is 0 Å². The van der Waals surface area contributed by atoms with Crippen molar-refractivity contribution in [3.8, 4) is 0 Å². The number of rotatable bonds is 4. The highest BCUT2D eigenvalue weighted by atomic mass is 15.3. The zero-order valence-electron chi connectivity index (χ0n) is 14.2. The van der Waals surface area contributed by atoms with Crippen molar-refractivity contribution < 1.29 is 0 Å². The van der Waals surface area contributed by atoms with Gasteiger partial charge in [0.25, 0.3) is 0 Å². The minimum atomic E-state index is 0.741. The maximum atomic E-state index is 3.86. The molecule has 3 nitrogen and oxygen atoms in total. The lowest BCUT2D eigenvalue weighted by atomic mass is 9.86. The van der Waals surface area contributed by atoms with Crippen molar-refractivity contribution >= 4 is 0 Å². The molecule has 21 heavy (non-hydrogen) atoms. The van der Waals surface area contributed by atoms with Crippen molar-refractivity contribution in [1.29, 1.82) is 0 Å². The summed E-state index contributed by atoms with van der Waals surface area (Å²) in [4.78, 5) is 5.49. The lowest BCUT2D eigenvalue weighted by Crippen LogP contribution is -2.59. The molecule has 1 aliphatic carbocycles. The van der Waals surface area contributed by atoms with Crippen molar-refractivity contribution in [1.82, 2.24) is 15.1 Å². The predicted octanol–water partition coefficient (Wildman–Crippen LogP) is 2.71. The van der Waals surface area contributed by atoms with Crippen LogP contribution in [-0.2, 0) is 0 Å². The Morgan fingerprint density at radius 3 is 2.62 bits per heavy atom. The maximum absolute atomic E-state index is 3.86. The summed E-state index contributed by atoms with van der Waals surface area (Å²) in [5.74, 6) is 0.881. The molecule has 0 spiro atoms. The first kappa shape index (κ1) is 15.8. The van der Waals surface area contributed by atoms with Gasteiger partial charge in [0.05, 0.1) is 0 Å². The Balaban J connectivity index is 1.42. The van der Waals surface area contributed by atoms with Gasteiger partial charge in [0.2, 0.25) is 0 Å². The van der Waals surface area contributed by atoms with Crippen molar-refractivity contribution in [2.75, 3.05) is 32.7 Å². The van der Waals surface area contributed by atoms with E-state index in [0.29, 0.717) is 0 Å². The Labute approximate surface area is 131 Å². The molecule has 0 radical (unpaired) electrons. The van der Waals surface area contributed by atoms with E-state index in [2.05, 4.69) is 29.0 Å². The standard InChI is InChI=1S/C18H35N3/c1-15-7-3-4-9-18(15)19-10-12-20-14-17-8-5-6-11-21(17)13-16(20)2/h15-19H,3-14H2,1-2H3. The summed E-state index contributed by atoms with van der Waals surface area (Å²) in [5, 5.41) is 3.86. The average molecular weight is 293 g/mol. The fourth-order valence-corrected chi connectivity index (χ4v) is 4.74. The Morgan fingerprint density at radius 1 is 0.952 bits per heavy atom. The van der Waals surface area contributed by atoms with E-state index < -0.39 is 0 Å². The molecule has 0 amide bonds. The van der Waals surface area contributed by atoms with Crippen molar-refractivity contribution in [2.24, 2.45) is 5.92 Å². The van der Waals surface area contributed by atoms with Gasteiger partial charge in [0, 0.05) is 44.3 Å². The molecular weight excluding hydrogens is 258 g/mol. The molecule has 1 saturated carbocycles. The number of nitrogens with one attached hydrogen (secondary N) is 1. The quantitative estimate of drug-likeness (QED) is 0.860. The number of hydrogen-bond acceptors (Lipinski definition) is 3. The lowest BCUT2D eigenvalue weighted by molar-refractivity contribution is 0.0153. The van der Waals surface area contributed by atoms with Crippen LogP contribution in [0.4, 0.5) is 0 Å². The van der Waals surface area contributed by atoms with Gasteiger partial charge < -0.3 is 5.32 Å². The SMILES string of the molecule is CC1CCCCC1NCCN1CC2CCCCN2CC1C. The molecule has 0 aromatic carbocycles. The second kappa shape index (κ2) is 7.43. The topological polar surface area (TPSA) is 18.5 Å². The molecule has 2 aliphatic heterocycles. The van der Waals surface area contributed by atoms with Gasteiger partial charge in [-0.3, -0.25) is 9.80 Å². The predicted molar refractivity (Wildman–Crippen MR) is 89.7 cm³/mol. The second-order valence-electron chi connectivity index (χ2n) is 7.81. The Bertz CT molecular complexity index is 320. The first-order chi connectivity index (χ1) is 10.2. The van der Waals surface area contributed by atoms with E-state index in [4.69, 9.17) is 0 Å². The number of fused-ring (bicyclic) bond motifs is 1. The van der Waals surface area contributed by atoms with Gasteiger partial charge in [0.15, 0.2) is 0 Å². The van der Waals surface area contributed by atoms with Gasteiger partial charge in [-0.15, -0.1) is 0 Å². The summed E-state index contributed by atoms with van der Waals surface area (Å²) < 4.78 is 0. The molecule has 4 atom stereocenters. The third-order valence-electron chi connectivity index (χ3n) is 6.23. The normalized spacial score (nSPS) is 39.1. The molecule has 3 fully saturated rings. The highest BCUT2D eigenvalue weighted by Crippen LogP contribution is 2.25. The summed E-state index contributed by atoms with van der Waals surface area (Å²) in [7, 11) is 0. The van der Waals surface area contributed by atoms with Crippen molar-refractivity contribution in [3.05, 3.63) is 0 Å². The highest BCUT2D eigenvalue weighted by Gasteiger charge is 2.32. The van der Waals surface area contributed by atoms with Gasteiger partial charge in [0.1, 0.15) is 0 Å². The maximum Gasteiger partial charge on any atom is 0.0223 e. The molecular formula is C18H35N3. The van der Waals surface area contributed by atoms with Crippen molar-refractivity contribution in [3.63, 3.8) is 0 Å². The number of piperidine rings is 1. The van der Waals surface area contributed by atoms with E-state index in [1.165, 1.54) is 77.7 Å². The molecule has 1 N–H and O–H groups in total. The first-order valence-electron chi connectivity index (χ1n) is 9.45. The minimum absolute atomic E-state index is 0.741. The van der Waals surface area contributed by atoms with Crippen LogP contribution < -0.4 is 5.32 Å². The van der Waals surface area contributed by atoms with Crippen LogP contribution in [0.1, 0.15) is 58.8 Å². The summed E-state index contributed by atoms with van der Waals surface area (Å²) in [6.07, 6.45) is 9.99. The second-order valence-corrected chi connectivity index (χ2v) is 7.81. The van der Waals surface area contributed by atoms with Gasteiger partial charge in [-0.2, -0.15) is 0 Å². The zero-order valence-corrected chi connectivity index (χ0v) is 14.2. The molecule has 0 aromatic heterocycles. The summed E-state index contributed by atoms with van der Waals surface area (Å²) in [6, 6.07) is 2.37. The summed E-state index contributed by atoms with van der Waals surface area (Å²) in [6.45, 7) is 11.2. The molecule has 2 saturated heterocycles. The van der Waals surface area contributed by atoms with E-state index in [-0.39, 0.29) is 0 Å². The highest BCUT2D eigenvalue weighted by molar-refractivity contribution is 4.89. The van der Waals surface area contributed by atoms with Crippen LogP contribution >= 0.6 is 0 Å². The molecule has 3 rings (SSSR count). The monoisotopic (exact) mass is 293 g/mol. The van der Waals surface area contributed by atoms with E-state index >= 15 is 0 Å². The average Bonchev–Trinajstić information content (AvgIpc) is 2.49. The largest absolute Gasteiger partial charge is 0.312 e. The molecule has 3 aliphatic rings. The molecule has 2 heterocycles. The zero-order chi connectivity index (χ0) is 14.7. The number of hydrogen-bond donors (Lipinski definition) is 1. The van der Waals surface area contributed by atoms with Crippen LogP contribution in [0.5, 0.6) is 0 Å². The van der Waals surface area contributed by atoms with Crippen LogP contribution in [0.15, 0.2) is 0 Å². The fourth-order valence-electron chi connectivity index (χ4n) is 4.74. The van der Waals surface area contributed by atoms with E-state index in [9.17, 15) is 0 Å². The van der Waals surface area contributed by atoms with E-state index in [0.717, 1.165) is 24.0 Å². The van der Waals surface area contributed by atoms with E-state index in [1.54, 1.807) is 0 Å².